The van der Waals surface area contributed by atoms with Crippen LogP contribution in [0.3, 0.4) is 0 Å². The molecular formula is C44H72N6O14. The van der Waals surface area contributed by atoms with Gasteiger partial charge in [-0.05, 0) is 99.8 Å². The average Bonchev–Trinajstić information content (AvgIpc) is 3.64. The zero-order valence-electron chi connectivity index (χ0n) is 40.0. The Morgan fingerprint density at radius 3 is 1.67 bits per heavy atom. The van der Waals surface area contributed by atoms with Crippen molar-refractivity contribution in [2.75, 3.05) is 13.7 Å². The van der Waals surface area contributed by atoms with Gasteiger partial charge in [-0.25, -0.2) is 9.59 Å². The largest absolute Gasteiger partial charge is 0.463 e. The number of Topliss-reactive ketones (excluding diaryl/α,β-unsaturated/α-hetero) is 1. The first-order valence-corrected chi connectivity index (χ1v) is 21.5. The summed E-state index contributed by atoms with van der Waals surface area (Å²) in [5.74, 6) is -8.84. The molecule has 5 N–H and O–H groups in total. The van der Waals surface area contributed by atoms with E-state index in [0.717, 1.165) is 7.11 Å². The number of amides is 6. The van der Waals surface area contributed by atoms with Gasteiger partial charge in [0, 0.05) is 13.0 Å². The highest BCUT2D eigenvalue weighted by Crippen LogP contribution is 2.22. The minimum absolute atomic E-state index is 0.0749. The van der Waals surface area contributed by atoms with Crippen molar-refractivity contribution in [2.45, 2.75) is 182 Å². The normalized spacial score (nSPS) is 16.5. The van der Waals surface area contributed by atoms with E-state index >= 15 is 0 Å². The van der Waals surface area contributed by atoms with Gasteiger partial charge in [0.05, 0.1) is 13.5 Å². The van der Waals surface area contributed by atoms with Crippen molar-refractivity contribution in [2.24, 2.45) is 11.8 Å². The van der Waals surface area contributed by atoms with E-state index in [2.05, 4.69) is 37.9 Å². The lowest BCUT2D eigenvalue weighted by Gasteiger charge is -2.33. The molecule has 6 atom stereocenters. The van der Waals surface area contributed by atoms with E-state index in [9.17, 15) is 47.9 Å². The number of rotatable bonds is 21. The van der Waals surface area contributed by atoms with Crippen LogP contribution in [0.5, 0.6) is 0 Å². The molecule has 0 aromatic rings. The van der Waals surface area contributed by atoms with E-state index < -0.39 is 131 Å². The van der Waals surface area contributed by atoms with Crippen LogP contribution in [0.4, 0.5) is 4.79 Å². The van der Waals surface area contributed by atoms with E-state index in [-0.39, 0.29) is 32.2 Å². The molecule has 64 heavy (non-hydrogen) atoms. The summed E-state index contributed by atoms with van der Waals surface area (Å²) in [5.41, 5.74) is -2.80. The van der Waals surface area contributed by atoms with E-state index in [4.69, 9.17) is 14.2 Å². The molecule has 1 aliphatic heterocycles. The highest BCUT2D eigenvalue weighted by Gasteiger charge is 2.42. The van der Waals surface area contributed by atoms with E-state index in [0.29, 0.717) is 6.42 Å². The lowest BCUT2D eigenvalue weighted by Crippen LogP contribution is -2.61. The van der Waals surface area contributed by atoms with Gasteiger partial charge in [-0.1, -0.05) is 33.8 Å². The summed E-state index contributed by atoms with van der Waals surface area (Å²) >= 11 is 0. The van der Waals surface area contributed by atoms with Gasteiger partial charge in [0.15, 0.2) is 0 Å². The number of nitrogens with zero attached hydrogens (tertiary/aromatic N) is 1. The van der Waals surface area contributed by atoms with Crippen LogP contribution in [0.2, 0.25) is 0 Å². The fraction of sp³-hybridized carbons (Fsp3) is 0.727. The van der Waals surface area contributed by atoms with Crippen molar-refractivity contribution in [1.82, 2.24) is 31.5 Å². The highest BCUT2D eigenvalue weighted by atomic mass is 16.6. The Balaban J connectivity index is 3.46. The molecule has 1 heterocycles. The number of esters is 3. The average molecular weight is 909 g/mol. The molecule has 0 bridgehead atoms. The van der Waals surface area contributed by atoms with E-state index in [1.807, 2.05) is 0 Å². The molecule has 0 saturated carbocycles. The molecule has 1 aliphatic rings. The lowest BCUT2D eigenvalue weighted by atomic mass is 9.98. The Morgan fingerprint density at radius 2 is 1.17 bits per heavy atom. The number of methoxy groups -OCH3 is 1. The summed E-state index contributed by atoms with van der Waals surface area (Å²) in [7, 11) is 1.03. The SMILES string of the molecule is C=CCC(NC(=O)[C@H]1CCCN1C(=O)[C@@H](NC(=O)[C@@H](NC(=O)[C@H](CCC(=O)OC(C)(C)C)NC(=O)[C@H](CC(=O)OC(C)(C)C)NC(=O)OC(C)(C)C)C(C)C)C(C)C)C(=O)C(=O)OC. The maximum atomic E-state index is 14.1. The summed E-state index contributed by atoms with van der Waals surface area (Å²) in [6.45, 7) is 24.9. The van der Waals surface area contributed by atoms with Crippen LogP contribution in [0, 0.1) is 11.8 Å². The Labute approximate surface area is 376 Å². The zero-order valence-corrected chi connectivity index (χ0v) is 40.0. The number of ether oxygens (including phenoxy) is 4. The third kappa shape index (κ3) is 19.9. The summed E-state index contributed by atoms with van der Waals surface area (Å²) in [6.07, 6.45) is -0.479. The van der Waals surface area contributed by atoms with Crippen molar-refractivity contribution in [3.05, 3.63) is 12.7 Å². The second kappa shape index (κ2) is 24.5. The number of likely N-dealkylation sites (tertiary alicyclic amines) is 1. The van der Waals surface area contributed by atoms with Gasteiger partial charge >= 0.3 is 24.0 Å². The Bertz CT molecular complexity index is 1700. The topological polar surface area (TPSA) is 271 Å². The molecule has 20 nitrogen and oxygen atoms in total. The molecule has 0 aromatic heterocycles. The number of hydrogen-bond acceptors (Lipinski definition) is 14. The number of alkyl carbamates (subject to hydrolysis) is 1. The maximum Gasteiger partial charge on any atom is 0.408 e. The minimum atomic E-state index is -1.61. The fourth-order valence-electron chi connectivity index (χ4n) is 6.34. The monoisotopic (exact) mass is 909 g/mol. The Morgan fingerprint density at radius 1 is 0.656 bits per heavy atom. The summed E-state index contributed by atoms with van der Waals surface area (Å²) in [6, 6.07) is -7.97. The van der Waals surface area contributed by atoms with Gasteiger partial charge in [-0.3, -0.25) is 38.4 Å². The molecule has 20 heteroatoms. The predicted molar refractivity (Wildman–Crippen MR) is 233 cm³/mol. The third-order valence-corrected chi connectivity index (χ3v) is 9.23. The second-order valence-electron chi connectivity index (χ2n) is 19.3. The number of ketones is 1. The lowest BCUT2D eigenvalue weighted by molar-refractivity contribution is -0.156. The van der Waals surface area contributed by atoms with Gasteiger partial charge in [0.25, 0.3) is 5.78 Å². The Kier molecular flexibility index (Phi) is 21.6. The first-order chi connectivity index (χ1) is 29.3. The molecule has 0 radical (unpaired) electrons. The van der Waals surface area contributed by atoms with Crippen molar-refractivity contribution in [3.8, 4) is 0 Å². The van der Waals surface area contributed by atoms with Crippen LogP contribution in [-0.4, -0.2) is 131 Å². The van der Waals surface area contributed by atoms with Gasteiger partial charge in [0.2, 0.25) is 29.5 Å². The van der Waals surface area contributed by atoms with Crippen LogP contribution in [0.25, 0.3) is 0 Å². The van der Waals surface area contributed by atoms with Crippen molar-refractivity contribution < 1.29 is 66.9 Å². The highest BCUT2D eigenvalue weighted by molar-refractivity contribution is 6.36. The molecule has 362 valence electrons. The first-order valence-electron chi connectivity index (χ1n) is 21.5. The minimum Gasteiger partial charge on any atom is -0.463 e. The number of carbonyl (C=O) groups is 10. The Hall–Kier alpha value is -5.56. The molecule has 0 aromatic carbocycles. The van der Waals surface area contributed by atoms with E-state index in [1.54, 1.807) is 90.0 Å². The molecule has 1 rings (SSSR count). The van der Waals surface area contributed by atoms with Crippen molar-refractivity contribution in [1.29, 1.82) is 0 Å². The molecule has 1 fully saturated rings. The van der Waals surface area contributed by atoms with Gasteiger partial charge in [0.1, 0.15) is 53.1 Å². The van der Waals surface area contributed by atoms with Gasteiger partial charge in [-0.2, -0.15) is 0 Å². The molecule has 6 amide bonds. The number of carbonyl (C=O) groups excluding carboxylic acids is 10. The van der Waals surface area contributed by atoms with Crippen LogP contribution in [0.1, 0.15) is 129 Å². The van der Waals surface area contributed by atoms with Gasteiger partial charge < -0.3 is 50.4 Å². The summed E-state index contributed by atoms with van der Waals surface area (Å²) < 4.78 is 20.6. The zero-order chi connectivity index (χ0) is 49.5. The predicted octanol–water partition coefficient (Wildman–Crippen LogP) is 2.29. The van der Waals surface area contributed by atoms with Crippen LogP contribution in [0.15, 0.2) is 12.7 Å². The number of hydrogen-bond donors (Lipinski definition) is 5. The van der Waals surface area contributed by atoms with Crippen molar-refractivity contribution >= 4 is 59.3 Å². The van der Waals surface area contributed by atoms with Gasteiger partial charge in [-0.15, -0.1) is 6.58 Å². The molecular weight excluding hydrogens is 837 g/mol. The fourth-order valence-corrected chi connectivity index (χ4v) is 6.34. The van der Waals surface area contributed by atoms with Crippen molar-refractivity contribution in [3.63, 3.8) is 0 Å². The second-order valence-corrected chi connectivity index (χ2v) is 19.3. The molecule has 0 spiro atoms. The van der Waals surface area contributed by atoms with Crippen LogP contribution < -0.4 is 26.6 Å². The molecule has 0 aliphatic carbocycles. The summed E-state index contributed by atoms with van der Waals surface area (Å²) in [5, 5.41) is 12.7. The smallest absolute Gasteiger partial charge is 0.408 e. The van der Waals surface area contributed by atoms with Crippen LogP contribution >= 0.6 is 0 Å². The molecule has 1 unspecified atom stereocenters. The molecule has 1 saturated heterocycles. The maximum absolute atomic E-state index is 14.1. The quantitative estimate of drug-likeness (QED) is 0.0479. The third-order valence-electron chi connectivity index (χ3n) is 9.23. The standard InChI is InChI=1S/C44H72N6O14/c1-16-18-26(34(53)40(59)61-15)45-37(56)29-19-17-22-50(29)39(58)33(25(4)5)49-38(57)32(24(2)3)48-35(54)27(20-21-30(51)62-42(6,7)8)46-36(55)28(23-31(52)63-43(9,10)11)47-41(60)64-44(12,13)14/h16,24-29,32-33H,1,17-23H2,2-15H3,(H,45,56)(H,46,55)(H,47,60)(H,48,54)(H,49,57)/t26?,27-,28-,29+,32-,33-/m0/s1. The summed E-state index contributed by atoms with van der Waals surface area (Å²) in [4.78, 5) is 134. The van der Waals surface area contributed by atoms with Crippen LogP contribution in [-0.2, 0) is 62.1 Å². The first kappa shape index (κ1) is 56.5. The van der Waals surface area contributed by atoms with E-state index in [1.165, 1.54) is 11.0 Å². The number of nitrogens with one attached hydrogen (secondary N) is 5.